The highest BCUT2D eigenvalue weighted by Crippen LogP contribution is 2.36. The average molecular weight is 478 g/mol. The number of benzene rings is 2. The lowest BCUT2D eigenvalue weighted by atomic mass is 9.81. The fraction of sp³-hybridized carbons (Fsp3) is 0.458. The Labute approximate surface area is 196 Å². The van der Waals surface area contributed by atoms with E-state index < -0.39 is 10.0 Å². The van der Waals surface area contributed by atoms with Crippen LogP contribution in [0.15, 0.2) is 53.4 Å². The normalized spacial score (nSPS) is 20.3. The first kappa shape index (κ1) is 24.7. The SMILES string of the molecule is CNC(=O)C(c1ccc(C2CCC(N(C)S(=O)(=O)c3ccc(Cl)cc3)CC2)cc1)N(C)C. The topological polar surface area (TPSA) is 69.7 Å². The zero-order valence-electron chi connectivity index (χ0n) is 19.1. The van der Waals surface area contributed by atoms with Gasteiger partial charge in [0.1, 0.15) is 6.04 Å². The molecule has 0 radical (unpaired) electrons. The van der Waals surface area contributed by atoms with Gasteiger partial charge >= 0.3 is 0 Å². The highest BCUT2D eigenvalue weighted by molar-refractivity contribution is 7.89. The fourth-order valence-electron chi connectivity index (χ4n) is 4.51. The van der Waals surface area contributed by atoms with Gasteiger partial charge in [0, 0.05) is 25.2 Å². The third-order valence-corrected chi connectivity index (χ3v) is 8.61. The summed E-state index contributed by atoms with van der Waals surface area (Å²) in [4.78, 5) is 14.4. The monoisotopic (exact) mass is 477 g/mol. The second kappa shape index (κ2) is 10.3. The van der Waals surface area contributed by atoms with Crippen molar-refractivity contribution >= 4 is 27.5 Å². The Bertz CT molecular complexity index is 1020. The van der Waals surface area contributed by atoms with Crippen LogP contribution in [-0.4, -0.2) is 57.8 Å². The number of amides is 1. The number of carbonyl (C=O) groups excluding carboxylic acids is 1. The first-order chi connectivity index (χ1) is 15.1. The van der Waals surface area contributed by atoms with Crippen molar-refractivity contribution in [1.82, 2.24) is 14.5 Å². The van der Waals surface area contributed by atoms with Crippen LogP contribution in [0.5, 0.6) is 0 Å². The standard InChI is InChI=1S/C24H32ClN3O3S/c1-26-24(29)23(27(2)3)19-7-5-17(6-8-19)18-9-13-21(14-10-18)28(4)32(30,31)22-15-11-20(25)12-16-22/h5-8,11-12,15-16,18,21,23H,9-10,13-14H2,1-4H3,(H,26,29). The molecule has 1 N–H and O–H groups in total. The van der Waals surface area contributed by atoms with Crippen molar-refractivity contribution in [2.45, 2.75) is 48.6 Å². The average Bonchev–Trinajstić information content (AvgIpc) is 2.79. The fourth-order valence-corrected chi connectivity index (χ4v) is 6.05. The molecule has 0 bridgehead atoms. The number of halogens is 1. The van der Waals surface area contributed by atoms with Crippen molar-refractivity contribution in [1.29, 1.82) is 0 Å². The molecule has 0 aromatic heterocycles. The molecule has 8 heteroatoms. The van der Waals surface area contributed by atoms with Crippen LogP contribution in [0.3, 0.4) is 0 Å². The Morgan fingerprint density at radius 3 is 2.03 bits per heavy atom. The minimum absolute atomic E-state index is 0.0161. The first-order valence-corrected chi connectivity index (χ1v) is 12.7. The molecule has 2 aromatic carbocycles. The van der Waals surface area contributed by atoms with Gasteiger partial charge in [-0.15, -0.1) is 0 Å². The predicted molar refractivity (Wildman–Crippen MR) is 128 cm³/mol. The van der Waals surface area contributed by atoms with E-state index in [2.05, 4.69) is 17.4 Å². The van der Waals surface area contributed by atoms with Crippen LogP contribution in [0.4, 0.5) is 0 Å². The molecule has 32 heavy (non-hydrogen) atoms. The van der Waals surface area contributed by atoms with Gasteiger partial charge in [-0.2, -0.15) is 4.31 Å². The molecule has 0 heterocycles. The van der Waals surface area contributed by atoms with Crippen molar-refractivity contribution in [3.05, 3.63) is 64.7 Å². The summed E-state index contributed by atoms with van der Waals surface area (Å²) >= 11 is 5.90. The molecule has 1 amide bonds. The van der Waals surface area contributed by atoms with Crippen LogP contribution in [0.2, 0.25) is 5.02 Å². The maximum absolute atomic E-state index is 13.0. The summed E-state index contributed by atoms with van der Waals surface area (Å²) in [7, 11) is 3.56. The molecule has 1 aliphatic rings. The summed E-state index contributed by atoms with van der Waals surface area (Å²) in [5, 5.41) is 3.24. The van der Waals surface area contributed by atoms with E-state index in [-0.39, 0.29) is 22.9 Å². The molecule has 1 unspecified atom stereocenters. The van der Waals surface area contributed by atoms with E-state index in [1.165, 1.54) is 9.87 Å². The highest BCUT2D eigenvalue weighted by Gasteiger charge is 2.32. The molecule has 0 spiro atoms. The smallest absolute Gasteiger partial charge is 0.243 e. The minimum atomic E-state index is -3.54. The van der Waals surface area contributed by atoms with Crippen LogP contribution < -0.4 is 5.32 Å². The van der Waals surface area contributed by atoms with Gasteiger partial charge in [0.25, 0.3) is 0 Å². The van der Waals surface area contributed by atoms with Crippen LogP contribution in [0.25, 0.3) is 0 Å². The van der Waals surface area contributed by atoms with Gasteiger partial charge in [0.2, 0.25) is 15.9 Å². The number of likely N-dealkylation sites (N-methyl/N-ethyl adjacent to an activating group) is 2. The Morgan fingerprint density at radius 1 is 0.969 bits per heavy atom. The summed E-state index contributed by atoms with van der Waals surface area (Å²) in [6, 6.07) is 14.2. The van der Waals surface area contributed by atoms with Gasteiger partial charge in [0.05, 0.1) is 4.90 Å². The second-order valence-electron chi connectivity index (χ2n) is 8.63. The number of carbonyl (C=O) groups is 1. The molecule has 2 aromatic rings. The minimum Gasteiger partial charge on any atom is -0.358 e. The van der Waals surface area contributed by atoms with Gasteiger partial charge in [-0.1, -0.05) is 35.9 Å². The first-order valence-electron chi connectivity index (χ1n) is 10.9. The van der Waals surface area contributed by atoms with Gasteiger partial charge in [-0.25, -0.2) is 8.42 Å². The summed E-state index contributed by atoms with van der Waals surface area (Å²) < 4.78 is 27.5. The van der Waals surface area contributed by atoms with Crippen molar-refractivity contribution in [3.8, 4) is 0 Å². The number of nitrogens with zero attached hydrogens (tertiary/aromatic N) is 2. The van der Waals surface area contributed by atoms with Crippen LogP contribution in [0, 0.1) is 0 Å². The molecule has 1 saturated carbocycles. The lowest BCUT2D eigenvalue weighted by Crippen LogP contribution is -2.39. The van der Waals surface area contributed by atoms with Gasteiger partial charge in [-0.05, 0) is 81.1 Å². The summed E-state index contributed by atoms with van der Waals surface area (Å²) in [5.41, 5.74) is 2.20. The van der Waals surface area contributed by atoms with E-state index in [9.17, 15) is 13.2 Å². The molecule has 174 valence electrons. The molecular formula is C24H32ClN3O3S. The molecular weight excluding hydrogens is 446 g/mol. The molecule has 1 fully saturated rings. The summed E-state index contributed by atoms with van der Waals surface area (Å²) in [6.45, 7) is 0. The Hall–Kier alpha value is -1.93. The van der Waals surface area contributed by atoms with Gasteiger partial charge < -0.3 is 5.32 Å². The quantitative estimate of drug-likeness (QED) is 0.653. The molecule has 3 rings (SSSR count). The van der Waals surface area contributed by atoms with Crippen LogP contribution in [0.1, 0.15) is 48.8 Å². The van der Waals surface area contributed by atoms with Crippen molar-refractivity contribution in [2.75, 3.05) is 28.2 Å². The molecule has 6 nitrogen and oxygen atoms in total. The van der Waals surface area contributed by atoms with Gasteiger partial charge in [0.15, 0.2) is 0 Å². The third kappa shape index (κ3) is 5.34. The van der Waals surface area contributed by atoms with E-state index in [1.54, 1.807) is 38.4 Å². The third-order valence-electron chi connectivity index (χ3n) is 6.44. The Morgan fingerprint density at radius 2 is 1.53 bits per heavy atom. The van der Waals surface area contributed by atoms with E-state index in [0.717, 1.165) is 31.2 Å². The largest absolute Gasteiger partial charge is 0.358 e. The number of hydrogen-bond donors (Lipinski definition) is 1. The van der Waals surface area contributed by atoms with Gasteiger partial charge in [-0.3, -0.25) is 9.69 Å². The van der Waals surface area contributed by atoms with E-state index in [4.69, 9.17) is 11.6 Å². The number of nitrogens with one attached hydrogen (secondary N) is 1. The van der Waals surface area contributed by atoms with Crippen molar-refractivity contribution < 1.29 is 13.2 Å². The Kier molecular flexibility index (Phi) is 7.98. The predicted octanol–water partition coefficient (Wildman–Crippen LogP) is 4.04. The second-order valence-corrected chi connectivity index (χ2v) is 11.1. The van der Waals surface area contributed by atoms with Crippen molar-refractivity contribution in [2.24, 2.45) is 0 Å². The number of sulfonamides is 1. The Balaban J connectivity index is 1.65. The molecule has 1 aliphatic carbocycles. The molecule has 0 saturated heterocycles. The highest BCUT2D eigenvalue weighted by atomic mass is 35.5. The van der Waals surface area contributed by atoms with Crippen LogP contribution in [-0.2, 0) is 14.8 Å². The van der Waals surface area contributed by atoms with E-state index >= 15 is 0 Å². The van der Waals surface area contributed by atoms with Crippen LogP contribution >= 0.6 is 11.6 Å². The maximum atomic E-state index is 13.0. The number of hydrogen-bond acceptors (Lipinski definition) is 4. The summed E-state index contributed by atoms with van der Waals surface area (Å²) in [6.07, 6.45) is 3.48. The van der Waals surface area contributed by atoms with E-state index in [1.807, 2.05) is 31.1 Å². The van der Waals surface area contributed by atoms with E-state index in [0.29, 0.717) is 10.9 Å². The zero-order valence-corrected chi connectivity index (χ0v) is 20.7. The lowest BCUT2D eigenvalue weighted by Gasteiger charge is -2.34. The maximum Gasteiger partial charge on any atom is 0.243 e. The summed E-state index contributed by atoms with van der Waals surface area (Å²) in [5.74, 6) is 0.359. The number of rotatable bonds is 7. The molecule has 0 aliphatic heterocycles. The lowest BCUT2D eigenvalue weighted by molar-refractivity contribution is -0.125. The van der Waals surface area contributed by atoms with Crippen molar-refractivity contribution in [3.63, 3.8) is 0 Å². The molecule has 1 atom stereocenters. The zero-order chi connectivity index (χ0) is 23.5.